The number of benzene rings is 1. The number of nitrogens with two attached hydrogens (primary N) is 1. The summed E-state index contributed by atoms with van der Waals surface area (Å²) in [6.07, 6.45) is 0.827. The van der Waals surface area contributed by atoms with Gasteiger partial charge in [0, 0.05) is 6.61 Å². The van der Waals surface area contributed by atoms with Crippen LogP contribution < -0.4 is 5.73 Å². The number of hydrogen-bond donors (Lipinski definition) is 1. The number of hydrogen-bond acceptors (Lipinski definition) is 4. The Kier molecular flexibility index (Phi) is 4.16. The van der Waals surface area contributed by atoms with Crippen molar-refractivity contribution in [2.45, 2.75) is 38.1 Å². The summed E-state index contributed by atoms with van der Waals surface area (Å²) in [6, 6.07) is 7.90. The molecule has 0 aromatic heterocycles. The van der Waals surface area contributed by atoms with Gasteiger partial charge in [-0.05, 0) is 38.3 Å². The first-order valence-electron chi connectivity index (χ1n) is 7.05. The Labute approximate surface area is 120 Å². The molecule has 1 aromatic rings. The smallest absolute Gasteiger partial charge is 0.315 e. The largest absolute Gasteiger partial charge is 0.465 e. The molecule has 20 heavy (non-hydrogen) atoms. The van der Waals surface area contributed by atoms with Gasteiger partial charge < -0.3 is 15.2 Å². The van der Waals surface area contributed by atoms with E-state index in [0.29, 0.717) is 19.8 Å². The Morgan fingerprint density at radius 1 is 1.40 bits per heavy atom. The fourth-order valence-electron chi connectivity index (χ4n) is 2.46. The number of carbonyl (C=O) groups excluding carboxylic acids is 1. The van der Waals surface area contributed by atoms with Crippen molar-refractivity contribution in [2.24, 2.45) is 5.73 Å². The van der Waals surface area contributed by atoms with E-state index in [1.807, 2.05) is 45.0 Å². The quantitative estimate of drug-likeness (QED) is 0.856. The van der Waals surface area contributed by atoms with Crippen LogP contribution in [0, 0.1) is 0 Å². The van der Waals surface area contributed by atoms with Gasteiger partial charge in [0.15, 0.2) is 0 Å². The highest BCUT2D eigenvalue weighted by molar-refractivity contribution is 5.82. The van der Waals surface area contributed by atoms with Crippen molar-refractivity contribution in [1.29, 1.82) is 0 Å². The molecule has 1 saturated heterocycles. The summed E-state index contributed by atoms with van der Waals surface area (Å²) in [5.41, 5.74) is 7.27. The minimum Gasteiger partial charge on any atom is -0.465 e. The molecule has 0 aliphatic carbocycles. The van der Waals surface area contributed by atoms with Crippen molar-refractivity contribution in [2.75, 3.05) is 19.8 Å². The molecule has 4 nitrogen and oxygen atoms in total. The highest BCUT2D eigenvalue weighted by Gasteiger charge is 2.34. The molecule has 1 heterocycles. The monoisotopic (exact) mass is 277 g/mol. The third-order valence-corrected chi connectivity index (χ3v) is 4.02. The molecule has 0 saturated carbocycles. The minimum absolute atomic E-state index is 0.209. The van der Waals surface area contributed by atoms with Gasteiger partial charge in [-0.15, -0.1) is 0 Å². The van der Waals surface area contributed by atoms with Crippen molar-refractivity contribution in [1.82, 2.24) is 0 Å². The minimum atomic E-state index is -0.650. The lowest BCUT2D eigenvalue weighted by molar-refractivity contribution is -0.148. The van der Waals surface area contributed by atoms with Crippen molar-refractivity contribution < 1.29 is 14.3 Å². The van der Waals surface area contributed by atoms with Gasteiger partial charge in [0.25, 0.3) is 0 Å². The maximum Gasteiger partial charge on any atom is 0.315 e. The summed E-state index contributed by atoms with van der Waals surface area (Å²) < 4.78 is 10.5. The zero-order chi connectivity index (χ0) is 14.8. The van der Waals surface area contributed by atoms with E-state index in [0.717, 1.165) is 17.5 Å². The molecule has 1 aliphatic heterocycles. The van der Waals surface area contributed by atoms with Gasteiger partial charge in [0.2, 0.25) is 0 Å². The van der Waals surface area contributed by atoms with Crippen LogP contribution in [0.1, 0.15) is 38.3 Å². The maximum absolute atomic E-state index is 12.0. The van der Waals surface area contributed by atoms with Gasteiger partial charge in [-0.1, -0.05) is 24.3 Å². The first kappa shape index (κ1) is 15.0. The Morgan fingerprint density at radius 2 is 2.05 bits per heavy atom. The summed E-state index contributed by atoms with van der Waals surface area (Å²) in [4.78, 5) is 12.0. The fourth-order valence-corrected chi connectivity index (χ4v) is 2.46. The van der Waals surface area contributed by atoms with Gasteiger partial charge in [-0.3, -0.25) is 4.79 Å². The fraction of sp³-hybridized carbons (Fsp3) is 0.562. The number of carbonyl (C=O) groups is 1. The second-order valence-corrected chi connectivity index (χ2v) is 5.88. The van der Waals surface area contributed by atoms with Crippen LogP contribution in [0.5, 0.6) is 0 Å². The van der Waals surface area contributed by atoms with Gasteiger partial charge in [-0.2, -0.15) is 0 Å². The average molecular weight is 277 g/mol. The molecule has 1 fully saturated rings. The summed E-state index contributed by atoms with van der Waals surface area (Å²) in [5.74, 6) is -0.209. The van der Waals surface area contributed by atoms with Crippen LogP contribution in [0.3, 0.4) is 0 Å². The van der Waals surface area contributed by atoms with Crippen molar-refractivity contribution in [3.8, 4) is 0 Å². The lowest BCUT2D eigenvalue weighted by Crippen LogP contribution is -2.37. The van der Waals surface area contributed by atoms with Crippen LogP contribution in [0.2, 0.25) is 0 Å². The van der Waals surface area contributed by atoms with Crippen LogP contribution in [-0.2, 0) is 25.2 Å². The van der Waals surface area contributed by atoms with Crippen LogP contribution >= 0.6 is 0 Å². The molecule has 110 valence electrons. The molecule has 1 aromatic carbocycles. The summed E-state index contributed by atoms with van der Waals surface area (Å²) >= 11 is 0. The molecule has 2 N–H and O–H groups in total. The Balaban J connectivity index is 2.21. The standard InChI is InChI=1S/C16H23NO3/c1-4-20-14(18)15(2,3)12-5-7-13(8-6-12)16(17)9-10-19-11-16/h5-8H,4,9-11,17H2,1-3H3. The van der Waals surface area contributed by atoms with E-state index < -0.39 is 11.0 Å². The van der Waals surface area contributed by atoms with E-state index in [1.54, 1.807) is 0 Å². The van der Waals surface area contributed by atoms with Crippen molar-refractivity contribution in [3.63, 3.8) is 0 Å². The molecular formula is C16H23NO3. The first-order chi connectivity index (χ1) is 9.40. The van der Waals surface area contributed by atoms with E-state index in [-0.39, 0.29) is 5.97 Å². The molecule has 0 spiro atoms. The first-order valence-corrected chi connectivity index (χ1v) is 7.05. The van der Waals surface area contributed by atoms with Crippen molar-refractivity contribution in [3.05, 3.63) is 35.4 Å². The Bertz CT molecular complexity index is 473. The second-order valence-electron chi connectivity index (χ2n) is 5.88. The highest BCUT2D eigenvalue weighted by atomic mass is 16.5. The van der Waals surface area contributed by atoms with Gasteiger partial charge in [0.05, 0.1) is 24.2 Å². The molecule has 1 unspecified atom stereocenters. The van der Waals surface area contributed by atoms with Crippen LogP contribution in [0.25, 0.3) is 0 Å². The third-order valence-electron chi connectivity index (χ3n) is 4.02. The molecule has 1 aliphatic rings. The molecule has 1 atom stereocenters. The predicted octanol–water partition coefficient (Wildman–Crippen LogP) is 2.10. The molecule has 4 heteroatoms. The van der Waals surface area contributed by atoms with Crippen LogP contribution in [0.15, 0.2) is 24.3 Å². The lowest BCUT2D eigenvalue weighted by Gasteiger charge is -2.26. The number of esters is 1. The molecular weight excluding hydrogens is 254 g/mol. The van der Waals surface area contributed by atoms with E-state index in [2.05, 4.69) is 0 Å². The molecule has 0 bridgehead atoms. The zero-order valence-corrected chi connectivity index (χ0v) is 12.4. The van der Waals surface area contributed by atoms with Crippen molar-refractivity contribution >= 4 is 5.97 Å². The topological polar surface area (TPSA) is 61.5 Å². The van der Waals surface area contributed by atoms with E-state index in [4.69, 9.17) is 15.2 Å². The molecule has 0 amide bonds. The SMILES string of the molecule is CCOC(=O)C(C)(C)c1ccc(C2(N)CCOC2)cc1. The summed E-state index contributed by atoms with van der Waals surface area (Å²) in [5, 5.41) is 0. The second kappa shape index (κ2) is 5.54. The number of rotatable bonds is 4. The summed E-state index contributed by atoms with van der Waals surface area (Å²) in [7, 11) is 0. The van der Waals surface area contributed by atoms with Crippen LogP contribution in [0.4, 0.5) is 0 Å². The molecule has 0 radical (unpaired) electrons. The van der Waals surface area contributed by atoms with E-state index in [9.17, 15) is 4.79 Å². The normalized spacial score (nSPS) is 22.8. The number of ether oxygens (including phenoxy) is 2. The third kappa shape index (κ3) is 2.72. The maximum atomic E-state index is 12.0. The Morgan fingerprint density at radius 3 is 2.55 bits per heavy atom. The van der Waals surface area contributed by atoms with E-state index >= 15 is 0 Å². The molecule has 2 rings (SSSR count). The highest BCUT2D eigenvalue weighted by Crippen LogP contribution is 2.30. The lowest BCUT2D eigenvalue weighted by atomic mass is 9.82. The predicted molar refractivity (Wildman–Crippen MR) is 77.4 cm³/mol. The van der Waals surface area contributed by atoms with Crippen LogP contribution in [-0.4, -0.2) is 25.8 Å². The Hall–Kier alpha value is -1.39. The van der Waals surface area contributed by atoms with Gasteiger partial charge >= 0.3 is 5.97 Å². The van der Waals surface area contributed by atoms with Gasteiger partial charge in [0.1, 0.15) is 0 Å². The average Bonchev–Trinajstić information content (AvgIpc) is 2.87. The summed E-state index contributed by atoms with van der Waals surface area (Å²) in [6.45, 7) is 7.20. The van der Waals surface area contributed by atoms with Gasteiger partial charge in [-0.25, -0.2) is 0 Å². The zero-order valence-electron chi connectivity index (χ0n) is 12.4. The van der Waals surface area contributed by atoms with E-state index in [1.165, 1.54) is 0 Å².